The fourth-order valence-electron chi connectivity index (χ4n) is 4.86. The fourth-order valence-corrected chi connectivity index (χ4v) is 4.86. The van der Waals surface area contributed by atoms with Gasteiger partial charge in [0.2, 0.25) is 5.91 Å². The van der Waals surface area contributed by atoms with Crippen LogP contribution < -0.4 is 10.6 Å². The van der Waals surface area contributed by atoms with Crippen LogP contribution >= 0.6 is 24.0 Å². The highest BCUT2D eigenvalue weighted by atomic mass is 127. The second-order valence-electron chi connectivity index (χ2n) is 8.91. The van der Waals surface area contributed by atoms with Crippen LogP contribution in [-0.2, 0) is 9.53 Å². The number of likely N-dealkylation sites (tertiary alicyclic amines) is 1. The molecule has 7 nitrogen and oxygen atoms in total. The number of carbonyl (C=O) groups excluding carboxylic acids is 1. The van der Waals surface area contributed by atoms with E-state index in [1.807, 2.05) is 7.05 Å². The van der Waals surface area contributed by atoms with E-state index in [0.717, 1.165) is 70.9 Å². The lowest BCUT2D eigenvalue weighted by Crippen LogP contribution is -2.57. The molecule has 0 bridgehead atoms. The third-order valence-electron chi connectivity index (χ3n) is 6.98. The van der Waals surface area contributed by atoms with Gasteiger partial charge in [-0.2, -0.15) is 0 Å². The van der Waals surface area contributed by atoms with Gasteiger partial charge >= 0.3 is 0 Å². The molecule has 0 spiro atoms. The average Bonchev–Trinajstić information content (AvgIpc) is 3.20. The first-order valence-electron chi connectivity index (χ1n) is 11.1. The first-order chi connectivity index (χ1) is 13.5. The summed E-state index contributed by atoms with van der Waals surface area (Å²) >= 11 is 0. The van der Waals surface area contributed by atoms with Gasteiger partial charge in [0.15, 0.2) is 5.96 Å². The highest BCUT2D eigenvalue weighted by Gasteiger charge is 2.35. The SMILES string of the molecule is CN=C(NCC1(N(C)C)CCOCC1)NC1CCN(C(=O)C2CCCCC2)C1.I. The van der Waals surface area contributed by atoms with E-state index in [1.54, 1.807) is 0 Å². The molecule has 3 aliphatic rings. The van der Waals surface area contributed by atoms with Gasteiger partial charge in [0.1, 0.15) is 0 Å². The number of nitrogens with zero attached hydrogens (tertiary/aromatic N) is 3. The topological polar surface area (TPSA) is 69.2 Å². The smallest absolute Gasteiger partial charge is 0.225 e. The molecular formula is C21H40IN5O2. The number of likely N-dealkylation sites (N-methyl/N-ethyl adjacent to an activating group) is 1. The lowest BCUT2D eigenvalue weighted by Gasteiger charge is -2.43. The summed E-state index contributed by atoms with van der Waals surface area (Å²) in [5, 5.41) is 7.08. The molecule has 2 aliphatic heterocycles. The maximum Gasteiger partial charge on any atom is 0.225 e. The van der Waals surface area contributed by atoms with Gasteiger partial charge < -0.3 is 25.2 Å². The van der Waals surface area contributed by atoms with E-state index in [0.29, 0.717) is 5.91 Å². The van der Waals surface area contributed by atoms with Crippen molar-refractivity contribution in [1.29, 1.82) is 0 Å². The van der Waals surface area contributed by atoms with Crippen LogP contribution in [0.5, 0.6) is 0 Å². The van der Waals surface area contributed by atoms with Crippen LogP contribution in [0.15, 0.2) is 4.99 Å². The molecule has 1 saturated carbocycles. The summed E-state index contributed by atoms with van der Waals surface area (Å²) in [6.45, 7) is 4.13. The molecule has 0 aromatic heterocycles. The number of hydrogen-bond donors (Lipinski definition) is 2. The van der Waals surface area contributed by atoms with Gasteiger partial charge in [-0.15, -0.1) is 24.0 Å². The Hall–Kier alpha value is -0.610. The molecule has 3 rings (SSSR count). The molecule has 168 valence electrons. The van der Waals surface area contributed by atoms with E-state index in [2.05, 4.69) is 39.5 Å². The predicted octanol–water partition coefficient (Wildman–Crippen LogP) is 2.06. The first-order valence-corrected chi connectivity index (χ1v) is 11.1. The largest absolute Gasteiger partial charge is 0.381 e. The Bertz CT molecular complexity index is 545. The molecule has 1 amide bonds. The van der Waals surface area contributed by atoms with Crippen molar-refractivity contribution in [1.82, 2.24) is 20.4 Å². The van der Waals surface area contributed by atoms with Gasteiger partial charge in [-0.05, 0) is 46.2 Å². The standard InChI is InChI=1S/C21H39N5O2.HI/c1-22-20(23-16-21(25(2)3)10-13-28-14-11-21)24-18-9-12-26(15-18)19(27)17-7-5-4-6-8-17;/h17-18H,4-16H2,1-3H3,(H2,22,23,24);1H. The van der Waals surface area contributed by atoms with Gasteiger partial charge in [0.05, 0.1) is 0 Å². The third-order valence-corrected chi connectivity index (χ3v) is 6.98. The maximum atomic E-state index is 12.8. The van der Waals surface area contributed by atoms with Crippen molar-refractivity contribution in [2.24, 2.45) is 10.9 Å². The second-order valence-corrected chi connectivity index (χ2v) is 8.91. The lowest BCUT2D eigenvalue weighted by molar-refractivity contribution is -0.135. The molecule has 3 fully saturated rings. The quantitative estimate of drug-likeness (QED) is 0.330. The summed E-state index contributed by atoms with van der Waals surface area (Å²) in [7, 11) is 6.12. The van der Waals surface area contributed by atoms with Crippen LogP contribution in [0.2, 0.25) is 0 Å². The molecule has 0 radical (unpaired) electrons. The number of ether oxygens (including phenoxy) is 1. The minimum atomic E-state index is 0. The Kier molecular flexibility index (Phi) is 9.94. The minimum absolute atomic E-state index is 0. The Morgan fingerprint density at radius 3 is 2.48 bits per heavy atom. The molecule has 1 atom stereocenters. The second kappa shape index (κ2) is 11.7. The summed E-state index contributed by atoms with van der Waals surface area (Å²) in [5.41, 5.74) is 0.106. The fraction of sp³-hybridized carbons (Fsp3) is 0.905. The highest BCUT2D eigenvalue weighted by molar-refractivity contribution is 14.0. The van der Waals surface area contributed by atoms with Crippen LogP contribution in [0.3, 0.4) is 0 Å². The molecule has 2 saturated heterocycles. The van der Waals surface area contributed by atoms with E-state index < -0.39 is 0 Å². The van der Waals surface area contributed by atoms with E-state index >= 15 is 0 Å². The number of nitrogens with one attached hydrogen (secondary N) is 2. The number of rotatable bonds is 5. The summed E-state index contributed by atoms with van der Waals surface area (Å²) in [6.07, 6.45) is 8.90. The number of aliphatic imine (C=N–C) groups is 1. The molecule has 1 unspecified atom stereocenters. The van der Waals surface area contributed by atoms with E-state index in [4.69, 9.17) is 4.74 Å². The van der Waals surface area contributed by atoms with Crippen LogP contribution in [-0.4, -0.2) is 87.2 Å². The van der Waals surface area contributed by atoms with Crippen molar-refractivity contribution in [2.75, 3.05) is 54.0 Å². The summed E-state index contributed by atoms with van der Waals surface area (Å²) < 4.78 is 5.56. The zero-order chi connectivity index (χ0) is 20.0. The Morgan fingerprint density at radius 1 is 1.17 bits per heavy atom. The van der Waals surface area contributed by atoms with Gasteiger partial charge in [-0.25, -0.2) is 0 Å². The molecule has 8 heteroatoms. The average molecular weight is 521 g/mol. The first kappa shape index (κ1) is 24.7. The van der Waals surface area contributed by atoms with Gasteiger partial charge in [0.25, 0.3) is 0 Å². The van der Waals surface area contributed by atoms with Crippen molar-refractivity contribution in [2.45, 2.75) is 62.9 Å². The van der Waals surface area contributed by atoms with Crippen molar-refractivity contribution in [3.8, 4) is 0 Å². The maximum absolute atomic E-state index is 12.8. The van der Waals surface area contributed by atoms with Crippen molar-refractivity contribution in [3.63, 3.8) is 0 Å². The molecule has 29 heavy (non-hydrogen) atoms. The summed E-state index contributed by atoms with van der Waals surface area (Å²) in [5.74, 6) is 1.48. The highest BCUT2D eigenvalue weighted by Crippen LogP contribution is 2.27. The van der Waals surface area contributed by atoms with Crippen molar-refractivity contribution >= 4 is 35.8 Å². The zero-order valence-electron chi connectivity index (χ0n) is 18.4. The Labute approximate surface area is 193 Å². The van der Waals surface area contributed by atoms with Gasteiger partial charge in [0, 0.05) is 57.4 Å². The molecule has 0 aromatic carbocycles. The van der Waals surface area contributed by atoms with E-state index in [9.17, 15) is 4.79 Å². The van der Waals surface area contributed by atoms with Crippen molar-refractivity contribution < 1.29 is 9.53 Å². The van der Waals surface area contributed by atoms with Crippen LogP contribution in [0, 0.1) is 5.92 Å². The predicted molar refractivity (Wildman–Crippen MR) is 128 cm³/mol. The van der Waals surface area contributed by atoms with E-state index in [1.165, 1.54) is 19.3 Å². The molecule has 0 aromatic rings. The van der Waals surface area contributed by atoms with Crippen molar-refractivity contribution in [3.05, 3.63) is 0 Å². The van der Waals surface area contributed by atoms with Crippen LogP contribution in [0.1, 0.15) is 51.4 Å². The molecule has 2 N–H and O–H groups in total. The lowest BCUT2D eigenvalue weighted by atomic mass is 9.88. The monoisotopic (exact) mass is 521 g/mol. The summed E-state index contributed by atoms with van der Waals surface area (Å²) in [4.78, 5) is 21.6. The Balaban J connectivity index is 0.00000300. The van der Waals surface area contributed by atoms with Gasteiger partial charge in [-0.1, -0.05) is 19.3 Å². The van der Waals surface area contributed by atoms with Gasteiger partial charge in [-0.3, -0.25) is 9.79 Å². The molecular weight excluding hydrogens is 481 g/mol. The van der Waals surface area contributed by atoms with Crippen LogP contribution in [0.4, 0.5) is 0 Å². The Morgan fingerprint density at radius 2 is 1.86 bits per heavy atom. The molecule has 1 aliphatic carbocycles. The number of guanidine groups is 1. The normalized spacial score (nSPS) is 25.6. The zero-order valence-corrected chi connectivity index (χ0v) is 20.7. The van der Waals surface area contributed by atoms with E-state index in [-0.39, 0.29) is 41.5 Å². The number of carbonyl (C=O) groups is 1. The third kappa shape index (κ3) is 6.43. The summed E-state index contributed by atoms with van der Waals surface area (Å²) in [6, 6.07) is 0.281. The number of hydrogen-bond acceptors (Lipinski definition) is 4. The minimum Gasteiger partial charge on any atom is -0.381 e. The molecule has 2 heterocycles. The van der Waals surface area contributed by atoms with Crippen LogP contribution in [0.25, 0.3) is 0 Å². The number of amides is 1. The number of halogens is 1.